The van der Waals surface area contributed by atoms with Gasteiger partial charge in [-0.2, -0.15) is 4.31 Å². The van der Waals surface area contributed by atoms with Crippen LogP contribution >= 0.6 is 0 Å². The molecule has 0 unspecified atom stereocenters. The van der Waals surface area contributed by atoms with Crippen molar-refractivity contribution in [1.82, 2.24) is 9.21 Å². The number of piperazine rings is 1. The van der Waals surface area contributed by atoms with Crippen molar-refractivity contribution in [3.63, 3.8) is 0 Å². The summed E-state index contributed by atoms with van der Waals surface area (Å²) in [5, 5.41) is 9.36. The minimum atomic E-state index is -3.47. The molecular weight excluding hydrogens is 252 g/mol. The van der Waals surface area contributed by atoms with Gasteiger partial charge in [-0.1, -0.05) is 13.0 Å². The summed E-state index contributed by atoms with van der Waals surface area (Å²) in [6, 6.07) is 5.82. The van der Waals surface area contributed by atoms with Crippen LogP contribution in [0, 0.1) is 0 Å². The Bertz CT molecular complexity index is 508. The average Bonchev–Trinajstić information content (AvgIpc) is 2.39. The van der Waals surface area contributed by atoms with E-state index in [0.29, 0.717) is 13.1 Å². The predicted molar refractivity (Wildman–Crippen MR) is 69.0 cm³/mol. The molecule has 1 heterocycles. The minimum Gasteiger partial charge on any atom is -0.508 e. The molecule has 1 N–H and O–H groups in total. The molecular formula is C12H18N2O3S. The van der Waals surface area contributed by atoms with Crippen LogP contribution in [0.4, 0.5) is 0 Å². The molecule has 1 aliphatic heterocycles. The Balaban J connectivity index is 2.17. The first-order valence-electron chi connectivity index (χ1n) is 6.05. The highest BCUT2D eigenvalue weighted by Crippen LogP contribution is 2.21. The Morgan fingerprint density at radius 1 is 1.22 bits per heavy atom. The molecule has 1 aliphatic rings. The number of hydrogen-bond acceptors (Lipinski definition) is 4. The van der Waals surface area contributed by atoms with Gasteiger partial charge in [-0.05, 0) is 24.7 Å². The summed E-state index contributed by atoms with van der Waals surface area (Å²) in [4.78, 5) is 2.38. The summed E-state index contributed by atoms with van der Waals surface area (Å²) in [6.07, 6.45) is 0. The molecule has 0 aliphatic carbocycles. The topological polar surface area (TPSA) is 60.9 Å². The van der Waals surface area contributed by atoms with Crippen molar-refractivity contribution in [2.24, 2.45) is 0 Å². The molecule has 1 saturated heterocycles. The van der Waals surface area contributed by atoms with Crippen LogP contribution in [0.25, 0.3) is 0 Å². The van der Waals surface area contributed by atoms with Crippen molar-refractivity contribution in [2.75, 3.05) is 32.7 Å². The van der Waals surface area contributed by atoms with Crippen LogP contribution in [0.15, 0.2) is 29.2 Å². The molecule has 1 aromatic rings. The van der Waals surface area contributed by atoms with Crippen LogP contribution in [0.1, 0.15) is 6.92 Å². The Labute approximate surface area is 108 Å². The van der Waals surface area contributed by atoms with E-state index in [-0.39, 0.29) is 10.6 Å². The number of aromatic hydroxyl groups is 1. The summed E-state index contributed by atoms with van der Waals surface area (Å²) < 4.78 is 26.1. The average molecular weight is 270 g/mol. The zero-order valence-electron chi connectivity index (χ0n) is 10.4. The number of hydrogen-bond donors (Lipinski definition) is 1. The number of benzene rings is 1. The number of sulfonamides is 1. The van der Waals surface area contributed by atoms with E-state index < -0.39 is 10.0 Å². The van der Waals surface area contributed by atoms with Gasteiger partial charge in [0.25, 0.3) is 0 Å². The van der Waals surface area contributed by atoms with Crippen molar-refractivity contribution in [1.29, 1.82) is 0 Å². The number of nitrogens with zero attached hydrogens (tertiary/aromatic N) is 2. The Morgan fingerprint density at radius 3 is 2.44 bits per heavy atom. The molecule has 1 fully saturated rings. The first-order chi connectivity index (χ1) is 8.54. The SMILES string of the molecule is CCN1CCN(S(=O)(=O)c2cccc(O)c2)CC1. The van der Waals surface area contributed by atoms with Gasteiger partial charge in [0.15, 0.2) is 0 Å². The van der Waals surface area contributed by atoms with Gasteiger partial charge < -0.3 is 10.0 Å². The van der Waals surface area contributed by atoms with Gasteiger partial charge in [0.2, 0.25) is 10.0 Å². The van der Waals surface area contributed by atoms with Crippen LogP contribution in [0.2, 0.25) is 0 Å². The second-order valence-corrected chi connectivity index (χ2v) is 6.27. The van der Waals surface area contributed by atoms with E-state index in [0.717, 1.165) is 19.6 Å². The lowest BCUT2D eigenvalue weighted by atomic mass is 10.3. The first kappa shape index (κ1) is 13.3. The quantitative estimate of drug-likeness (QED) is 0.879. The normalized spacial score (nSPS) is 18.9. The summed E-state index contributed by atoms with van der Waals surface area (Å²) in [5.41, 5.74) is 0. The lowest BCUT2D eigenvalue weighted by Gasteiger charge is -2.33. The largest absolute Gasteiger partial charge is 0.508 e. The molecule has 1 aromatic carbocycles. The van der Waals surface area contributed by atoms with E-state index in [2.05, 4.69) is 11.8 Å². The molecule has 0 amide bonds. The Hall–Kier alpha value is -1.11. The van der Waals surface area contributed by atoms with Crippen molar-refractivity contribution in [3.8, 4) is 5.75 Å². The van der Waals surface area contributed by atoms with Crippen molar-refractivity contribution >= 4 is 10.0 Å². The second kappa shape index (κ2) is 5.26. The molecule has 6 heteroatoms. The smallest absolute Gasteiger partial charge is 0.243 e. The van der Waals surface area contributed by atoms with Crippen LogP contribution in [-0.2, 0) is 10.0 Å². The van der Waals surface area contributed by atoms with E-state index in [9.17, 15) is 13.5 Å². The van der Waals surface area contributed by atoms with Crippen LogP contribution < -0.4 is 0 Å². The first-order valence-corrected chi connectivity index (χ1v) is 7.49. The molecule has 0 bridgehead atoms. The maximum atomic E-state index is 12.3. The fraction of sp³-hybridized carbons (Fsp3) is 0.500. The third-order valence-electron chi connectivity index (χ3n) is 3.23. The zero-order chi connectivity index (χ0) is 13.2. The van der Waals surface area contributed by atoms with E-state index >= 15 is 0 Å². The van der Waals surface area contributed by atoms with E-state index in [1.54, 1.807) is 6.07 Å². The van der Waals surface area contributed by atoms with E-state index in [4.69, 9.17) is 0 Å². The van der Waals surface area contributed by atoms with Gasteiger partial charge in [-0.25, -0.2) is 8.42 Å². The number of rotatable bonds is 3. The summed E-state index contributed by atoms with van der Waals surface area (Å²) in [7, 11) is -3.47. The Morgan fingerprint density at radius 2 is 1.89 bits per heavy atom. The summed E-state index contributed by atoms with van der Waals surface area (Å²) >= 11 is 0. The number of likely N-dealkylation sites (N-methyl/N-ethyl adjacent to an activating group) is 1. The molecule has 5 nitrogen and oxygen atoms in total. The van der Waals surface area contributed by atoms with Crippen molar-refractivity contribution in [3.05, 3.63) is 24.3 Å². The molecule has 0 radical (unpaired) electrons. The van der Waals surface area contributed by atoms with Gasteiger partial charge in [0, 0.05) is 26.2 Å². The summed E-state index contributed by atoms with van der Waals surface area (Å²) in [6.45, 7) is 5.54. The fourth-order valence-electron chi connectivity index (χ4n) is 2.08. The molecule has 0 saturated carbocycles. The Kier molecular flexibility index (Phi) is 3.89. The summed E-state index contributed by atoms with van der Waals surface area (Å²) in [5.74, 6) is -0.0248. The highest BCUT2D eigenvalue weighted by Gasteiger charge is 2.27. The minimum absolute atomic E-state index is 0.0248. The van der Waals surface area contributed by atoms with E-state index in [1.165, 1.54) is 22.5 Å². The lowest BCUT2D eigenvalue weighted by molar-refractivity contribution is 0.196. The highest BCUT2D eigenvalue weighted by atomic mass is 32.2. The highest BCUT2D eigenvalue weighted by molar-refractivity contribution is 7.89. The molecule has 0 aromatic heterocycles. The monoisotopic (exact) mass is 270 g/mol. The molecule has 0 atom stereocenters. The van der Waals surface area contributed by atoms with Gasteiger partial charge >= 0.3 is 0 Å². The third kappa shape index (κ3) is 2.66. The predicted octanol–water partition coefficient (Wildman–Crippen LogP) is 0.718. The maximum absolute atomic E-state index is 12.3. The van der Waals surface area contributed by atoms with Crippen LogP contribution in [0.5, 0.6) is 5.75 Å². The lowest BCUT2D eigenvalue weighted by Crippen LogP contribution is -2.48. The number of phenolic OH excluding ortho intramolecular Hbond substituents is 1. The van der Waals surface area contributed by atoms with E-state index in [1.807, 2.05) is 0 Å². The third-order valence-corrected chi connectivity index (χ3v) is 5.13. The zero-order valence-corrected chi connectivity index (χ0v) is 11.2. The fourth-order valence-corrected chi connectivity index (χ4v) is 3.54. The van der Waals surface area contributed by atoms with Gasteiger partial charge in [-0.3, -0.25) is 0 Å². The van der Waals surface area contributed by atoms with Gasteiger partial charge in [0.1, 0.15) is 5.75 Å². The molecule has 18 heavy (non-hydrogen) atoms. The second-order valence-electron chi connectivity index (χ2n) is 4.34. The van der Waals surface area contributed by atoms with Gasteiger partial charge in [0.05, 0.1) is 4.90 Å². The number of phenols is 1. The maximum Gasteiger partial charge on any atom is 0.243 e. The van der Waals surface area contributed by atoms with Crippen molar-refractivity contribution < 1.29 is 13.5 Å². The molecule has 0 spiro atoms. The van der Waals surface area contributed by atoms with Gasteiger partial charge in [-0.15, -0.1) is 0 Å². The molecule has 100 valence electrons. The van der Waals surface area contributed by atoms with Crippen LogP contribution in [-0.4, -0.2) is 55.5 Å². The molecule has 2 rings (SSSR count). The van der Waals surface area contributed by atoms with Crippen LogP contribution in [0.3, 0.4) is 0 Å². The standard InChI is InChI=1S/C12H18N2O3S/c1-2-13-6-8-14(9-7-13)18(16,17)12-5-3-4-11(15)10-12/h3-5,10,15H,2,6-9H2,1H3. The van der Waals surface area contributed by atoms with Crippen molar-refractivity contribution in [2.45, 2.75) is 11.8 Å².